The molecule has 7 heteroatoms. The molecule has 4 aromatic rings. The fourth-order valence-electron chi connectivity index (χ4n) is 3.95. The number of anilines is 2. The number of nitrogens with zero attached hydrogens (tertiary/aromatic N) is 6. The fraction of sp³-hybridized carbons (Fsp3) is 0.250. The van der Waals surface area contributed by atoms with Crippen LogP contribution < -0.4 is 4.90 Å². The minimum Gasteiger partial charge on any atom is -0.325 e. The van der Waals surface area contributed by atoms with Crippen molar-refractivity contribution in [1.29, 1.82) is 5.26 Å². The lowest BCUT2D eigenvalue weighted by Gasteiger charge is -2.32. The first-order valence-electron chi connectivity index (χ1n) is 10.1. The molecule has 31 heavy (non-hydrogen) atoms. The number of rotatable bonds is 1. The van der Waals surface area contributed by atoms with E-state index in [1.165, 1.54) is 12.1 Å². The van der Waals surface area contributed by atoms with Crippen LogP contribution in [-0.4, -0.2) is 26.1 Å². The van der Waals surface area contributed by atoms with Crippen LogP contribution in [-0.2, 0) is 6.42 Å². The largest absolute Gasteiger partial charge is 0.325 e. The molecule has 6 nitrogen and oxygen atoms in total. The Morgan fingerprint density at radius 2 is 2.06 bits per heavy atom. The summed E-state index contributed by atoms with van der Waals surface area (Å²) >= 11 is 0. The van der Waals surface area contributed by atoms with E-state index in [1.807, 2.05) is 18.2 Å². The summed E-state index contributed by atoms with van der Waals surface area (Å²) in [6, 6.07) is 12.9. The van der Waals surface area contributed by atoms with Gasteiger partial charge in [-0.05, 0) is 62.6 Å². The monoisotopic (exact) mass is 410 g/mol. The average Bonchev–Trinajstić information content (AvgIpc) is 3.25. The van der Waals surface area contributed by atoms with Crippen LogP contribution in [0.15, 0.2) is 42.7 Å². The van der Waals surface area contributed by atoms with Crippen molar-refractivity contribution in [2.45, 2.75) is 26.7 Å². The van der Waals surface area contributed by atoms with Gasteiger partial charge in [-0.1, -0.05) is 17.9 Å². The van der Waals surface area contributed by atoms with Crippen LogP contribution in [0.2, 0.25) is 0 Å². The lowest BCUT2D eigenvalue weighted by molar-refractivity contribution is 0.629. The first-order chi connectivity index (χ1) is 15.0. The number of fused-ring (bicyclic) bond motifs is 4. The summed E-state index contributed by atoms with van der Waals surface area (Å²) in [7, 11) is 0. The molecule has 5 rings (SSSR count). The molecular weight excluding hydrogens is 391 g/mol. The quantitative estimate of drug-likeness (QED) is 0.435. The smallest absolute Gasteiger partial charge is 0.257 e. The SMILES string of the molecule is CC(C)(C#N)C#Cc1cccc2c1CCCN2c1nc2nncn2c2ccc(F)cc12. The Morgan fingerprint density at radius 1 is 1.19 bits per heavy atom. The van der Waals surface area contributed by atoms with Crippen molar-refractivity contribution in [3.05, 3.63) is 59.7 Å². The van der Waals surface area contributed by atoms with E-state index < -0.39 is 5.41 Å². The molecule has 0 radical (unpaired) electrons. The van der Waals surface area contributed by atoms with Gasteiger partial charge in [-0.15, -0.1) is 10.2 Å². The molecule has 0 unspecified atom stereocenters. The Kier molecular flexibility index (Phi) is 4.34. The van der Waals surface area contributed by atoms with E-state index in [-0.39, 0.29) is 5.82 Å². The average molecular weight is 410 g/mol. The maximum absolute atomic E-state index is 14.2. The summed E-state index contributed by atoms with van der Waals surface area (Å²) in [5.74, 6) is 7.07. The van der Waals surface area contributed by atoms with Crippen LogP contribution in [0.1, 0.15) is 31.4 Å². The van der Waals surface area contributed by atoms with Crippen molar-refractivity contribution in [1.82, 2.24) is 19.6 Å². The van der Waals surface area contributed by atoms with Gasteiger partial charge in [0.25, 0.3) is 5.78 Å². The summed E-state index contributed by atoms with van der Waals surface area (Å²) in [6.45, 7) is 4.36. The second-order valence-corrected chi connectivity index (χ2v) is 8.14. The lowest BCUT2D eigenvalue weighted by Crippen LogP contribution is -2.26. The van der Waals surface area contributed by atoms with Gasteiger partial charge in [0.1, 0.15) is 23.4 Å². The summed E-state index contributed by atoms with van der Waals surface area (Å²) in [6.07, 6.45) is 3.37. The molecule has 0 saturated heterocycles. The molecule has 0 saturated carbocycles. The van der Waals surface area contributed by atoms with Crippen molar-refractivity contribution in [2.75, 3.05) is 11.4 Å². The Hall–Kier alpha value is -3.97. The third-order valence-electron chi connectivity index (χ3n) is 5.49. The number of aromatic nitrogens is 4. The maximum Gasteiger partial charge on any atom is 0.257 e. The third-order valence-corrected chi connectivity index (χ3v) is 5.49. The molecule has 1 aliphatic rings. The van der Waals surface area contributed by atoms with E-state index in [0.29, 0.717) is 17.0 Å². The van der Waals surface area contributed by atoms with Gasteiger partial charge in [-0.25, -0.2) is 4.39 Å². The van der Waals surface area contributed by atoms with Crippen molar-refractivity contribution in [2.24, 2.45) is 5.41 Å². The molecule has 3 heterocycles. The fourth-order valence-corrected chi connectivity index (χ4v) is 3.95. The van der Waals surface area contributed by atoms with Crippen LogP contribution >= 0.6 is 0 Å². The Balaban J connectivity index is 1.71. The van der Waals surface area contributed by atoms with Crippen molar-refractivity contribution in [3.63, 3.8) is 0 Å². The number of hydrogen-bond acceptors (Lipinski definition) is 5. The third kappa shape index (κ3) is 3.25. The van der Waals surface area contributed by atoms with Crippen LogP contribution in [0.3, 0.4) is 0 Å². The zero-order valence-electron chi connectivity index (χ0n) is 17.2. The van der Waals surface area contributed by atoms with Gasteiger partial charge in [0, 0.05) is 23.2 Å². The second kappa shape index (κ2) is 7.07. The molecule has 0 fully saturated rings. The standard InChI is InChI=1S/C24H19FN6/c1-24(2,14-26)11-10-16-5-3-7-20-18(16)6-4-12-30(20)22-19-13-17(25)8-9-21(19)31-15-27-29-23(31)28-22/h3,5,7-9,13,15H,4,6,12H2,1-2H3. The molecule has 0 bridgehead atoms. The minimum absolute atomic E-state index is 0.321. The molecule has 2 aromatic heterocycles. The second-order valence-electron chi connectivity index (χ2n) is 8.14. The lowest BCUT2D eigenvalue weighted by atomic mass is 9.93. The van der Waals surface area contributed by atoms with E-state index in [9.17, 15) is 9.65 Å². The van der Waals surface area contributed by atoms with Gasteiger partial charge in [0.15, 0.2) is 0 Å². The van der Waals surface area contributed by atoms with Crippen LogP contribution in [0, 0.1) is 34.4 Å². The molecule has 152 valence electrons. The summed E-state index contributed by atoms with van der Waals surface area (Å²) in [5, 5.41) is 18.1. The highest BCUT2D eigenvalue weighted by atomic mass is 19.1. The highest BCUT2D eigenvalue weighted by Crippen LogP contribution is 2.38. The van der Waals surface area contributed by atoms with E-state index in [1.54, 1.807) is 30.6 Å². The van der Waals surface area contributed by atoms with E-state index >= 15 is 0 Å². The van der Waals surface area contributed by atoms with Gasteiger partial charge in [-0.3, -0.25) is 4.40 Å². The molecule has 0 amide bonds. The maximum atomic E-state index is 14.2. The normalized spacial score (nSPS) is 13.5. The Bertz CT molecular complexity index is 1430. The summed E-state index contributed by atoms with van der Waals surface area (Å²) in [5.41, 5.74) is 3.10. The predicted molar refractivity (Wildman–Crippen MR) is 116 cm³/mol. The molecule has 0 spiro atoms. The van der Waals surface area contributed by atoms with Gasteiger partial charge >= 0.3 is 0 Å². The van der Waals surface area contributed by atoms with Crippen LogP contribution in [0.4, 0.5) is 15.9 Å². The van der Waals surface area contributed by atoms with E-state index in [4.69, 9.17) is 4.98 Å². The molecular formula is C24H19FN6. The highest BCUT2D eigenvalue weighted by molar-refractivity contribution is 5.94. The minimum atomic E-state index is -0.717. The molecule has 0 aliphatic carbocycles. The van der Waals surface area contributed by atoms with E-state index in [2.05, 4.69) is 33.0 Å². The van der Waals surface area contributed by atoms with Crippen LogP contribution in [0.5, 0.6) is 0 Å². The predicted octanol–water partition coefficient (Wildman–Crippen LogP) is 4.40. The van der Waals surface area contributed by atoms with Crippen LogP contribution in [0.25, 0.3) is 16.7 Å². The highest BCUT2D eigenvalue weighted by Gasteiger charge is 2.24. The Labute approximate surface area is 179 Å². The molecule has 0 N–H and O–H groups in total. The molecule has 2 aromatic carbocycles. The zero-order chi connectivity index (χ0) is 21.6. The van der Waals surface area contributed by atoms with Gasteiger partial charge < -0.3 is 4.90 Å². The number of nitriles is 1. The summed E-state index contributed by atoms with van der Waals surface area (Å²) < 4.78 is 15.9. The number of hydrogen-bond donors (Lipinski definition) is 0. The van der Waals surface area contributed by atoms with E-state index in [0.717, 1.165) is 41.7 Å². The summed E-state index contributed by atoms with van der Waals surface area (Å²) in [4.78, 5) is 6.83. The first-order valence-corrected chi connectivity index (χ1v) is 10.1. The van der Waals surface area contributed by atoms with Crippen molar-refractivity contribution in [3.8, 4) is 17.9 Å². The van der Waals surface area contributed by atoms with Crippen molar-refractivity contribution < 1.29 is 4.39 Å². The van der Waals surface area contributed by atoms with Gasteiger partial charge in [-0.2, -0.15) is 10.2 Å². The topological polar surface area (TPSA) is 70.1 Å². The molecule has 0 atom stereocenters. The first kappa shape index (κ1) is 19.0. The zero-order valence-corrected chi connectivity index (χ0v) is 17.2. The van der Waals surface area contributed by atoms with Gasteiger partial charge in [0.05, 0.1) is 11.6 Å². The Morgan fingerprint density at radius 3 is 2.90 bits per heavy atom. The van der Waals surface area contributed by atoms with Crippen molar-refractivity contribution >= 4 is 28.2 Å². The molecule has 1 aliphatic heterocycles. The number of halogens is 1. The van der Waals surface area contributed by atoms with Gasteiger partial charge in [0.2, 0.25) is 0 Å². The number of benzene rings is 2.